The molecular formula is C54H37NOSi. The molecule has 9 aromatic carbocycles. The number of nitrogens with zero attached hydrogens (tertiary/aromatic N) is 1. The number of fused-ring (bicyclic) bond motifs is 6. The van der Waals surface area contributed by atoms with Gasteiger partial charge in [-0.25, -0.2) is 0 Å². The van der Waals surface area contributed by atoms with Gasteiger partial charge >= 0.3 is 0 Å². The summed E-state index contributed by atoms with van der Waals surface area (Å²) in [6.07, 6.45) is 0. The lowest BCUT2D eigenvalue weighted by Gasteiger charge is -2.34. The summed E-state index contributed by atoms with van der Waals surface area (Å²) in [5, 5.41) is 10.2. The predicted molar refractivity (Wildman–Crippen MR) is 243 cm³/mol. The molecule has 0 saturated heterocycles. The maximum atomic E-state index is 6.54. The molecular weight excluding hydrogens is 707 g/mol. The highest BCUT2D eigenvalue weighted by Gasteiger charge is 2.41. The van der Waals surface area contributed by atoms with Crippen molar-refractivity contribution in [2.45, 2.75) is 0 Å². The molecule has 0 aliphatic rings. The van der Waals surface area contributed by atoms with E-state index in [1.807, 2.05) is 0 Å². The highest BCUT2D eigenvalue weighted by Crippen LogP contribution is 2.37. The van der Waals surface area contributed by atoms with E-state index in [4.69, 9.17) is 4.42 Å². The first-order valence-corrected chi connectivity index (χ1v) is 21.6. The van der Waals surface area contributed by atoms with E-state index >= 15 is 0 Å². The normalized spacial score (nSPS) is 11.9. The van der Waals surface area contributed by atoms with Crippen LogP contribution in [0.3, 0.4) is 0 Å². The van der Waals surface area contributed by atoms with Crippen LogP contribution in [-0.2, 0) is 0 Å². The molecule has 268 valence electrons. The van der Waals surface area contributed by atoms with Crippen molar-refractivity contribution in [3.8, 4) is 27.9 Å². The van der Waals surface area contributed by atoms with Crippen LogP contribution in [0.2, 0.25) is 0 Å². The molecule has 57 heavy (non-hydrogen) atoms. The maximum absolute atomic E-state index is 6.54. The maximum Gasteiger partial charge on any atom is 0.179 e. The summed E-state index contributed by atoms with van der Waals surface area (Å²) in [6.45, 7) is 0. The van der Waals surface area contributed by atoms with Gasteiger partial charge in [0.2, 0.25) is 0 Å². The Hall–Kier alpha value is -7.20. The Morgan fingerprint density at radius 2 is 0.789 bits per heavy atom. The Balaban J connectivity index is 1.00. The third-order valence-electron chi connectivity index (χ3n) is 11.7. The van der Waals surface area contributed by atoms with E-state index in [0.717, 1.165) is 33.2 Å². The number of benzene rings is 9. The summed E-state index contributed by atoms with van der Waals surface area (Å²) >= 11 is 0. The molecule has 0 amide bonds. The third kappa shape index (κ3) is 5.39. The van der Waals surface area contributed by atoms with Gasteiger partial charge in [0, 0.05) is 33.3 Å². The zero-order valence-corrected chi connectivity index (χ0v) is 32.2. The van der Waals surface area contributed by atoms with Crippen molar-refractivity contribution in [1.82, 2.24) is 4.57 Å². The Bertz CT molecular complexity index is 3080. The second kappa shape index (κ2) is 13.5. The fourth-order valence-corrected chi connectivity index (χ4v) is 14.0. The molecule has 0 saturated carbocycles. The monoisotopic (exact) mass is 743 g/mol. The van der Waals surface area contributed by atoms with Crippen LogP contribution in [0.1, 0.15) is 0 Å². The van der Waals surface area contributed by atoms with Gasteiger partial charge in [-0.2, -0.15) is 0 Å². The largest absolute Gasteiger partial charge is 0.456 e. The Labute approximate surface area is 332 Å². The van der Waals surface area contributed by atoms with E-state index in [0.29, 0.717) is 0 Å². The minimum atomic E-state index is -2.65. The van der Waals surface area contributed by atoms with Crippen molar-refractivity contribution in [2.24, 2.45) is 0 Å². The Morgan fingerprint density at radius 3 is 1.39 bits per heavy atom. The lowest BCUT2D eigenvalue weighted by molar-refractivity contribution is 0.668. The number of hydrogen-bond donors (Lipinski definition) is 0. The van der Waals surface area contributed by atoms with E-state index in [9.17, 15) is 0 Å². The van der Waals surface area contributed by atoms with Crippen molar-refractivity contribution < 1.29 is 4.42 Å². The fraction of sp³-hybridized carbons (Fsp3) is 0. The summed E-state index contributed by atoms with van der Waals surface area (Å²) in [6, 6.07) is 82.1. The highest BCUT2D eigenvalue weighted by molar-refractivity contribution is 7.19. The van der Waals surface area contributed by atoms with Gasteiger partial charge in [-0.1, -0.05) is 176 Å². The van der Waals surface area contributed by atoms with Gasteiger partial charge in [-0.05, 0) is 85.5 Å². The molecule has 2 nitrogen and oxygen atoms in total. The average Bonchev–Trinajstić information content (AvgIpc) is 3.83. The summed E-state index contributed by atoms with van der Waals surface area (Å²) in [4.78, 5) is 0. The van der Waals surface area contributed by atoms with Gasteiger partial charge in [-0.3, -0.25) is 0 Å². The van der Waals surface area contributed by atoms with Crippen LogP contribution in [0.25, 0.3) is 71.7 Å². The molecule has 11 aromatic rings. The number of hydrogen-bond acceptors (Lipinski definition) is 1. The summed E-state index contributed by atoms with van der Waals surface area (Å²) in [7, 11) is -2.65. The lowest BCUT2D eigenvalue weighted by Crippen LogP contribution is -2.74. The lowest BCUT2D eigenvalue weighted by atomic mass is 9.98. The second-order valence-corrected chi connectivity index (χ2v) is 18.7. The van der Waals surface area contributed by atoms with Gasteiger partial charge in [0.1, 0.15) is 11.2 Å². The zero-order valence-electron chi connectivity index (χ0n) is 31.2. The SMILES string of the molecule is c1ccc([Si](c2ccccc2)(c2ccccc2)c2cccc(-c3cccc(-c4ccc5oc6cc(-n7c8ccccc8c8ccccc87)ccc6c5c4)c3)c2)cc1. The fourth-order valence-electron chi connectivity index (χ4n) is 9.16. The first-order valence-electron chi connectivity index (χ1n) is 19.6. The van der Waals surface area contributed by atoms with Crippen molar-refractivity contribution in [2.75, 3.05) is 0 Å². The van der Waals surface area contributed by atoms with Crippen LogP contribution in [-0.4, -0.2) is 12.6 Å². The van der Waals surface area contributed by atoms with Crippen molar-refractivity contribution in [3.63, 3.8) is 0 Å². The van der Waals surface area contributed by atoms with Crippen LogP contribution in [0.15, 0.2) is 229 Å². The molecule has 0 N–H and O–H groups in total. The summed E-state index contributed by atoms with van der Waals surface area (Å²) in [5.41, 5.74) is 9.99. The first kappa shape index (κ1) is 33.2. The molecule has 0 radical (unpaired) electrons. The van der Waals surface area contributed by atoms with E-state index in [-0.39, 0.29) is 0 Å². The van der Waals surface area contributed by atoms with Crippen LogP contribution < -0.4 is 20.7 Å². The van der Waals surface area contributed by atoms with E-state index < -0.39 is 8.07 Å². The minimum Gasteiger partial charge on any atom is -0.456 e. The summed E-state index contributed by atoms with van der Waals surface area (Å²) < 4.78 is 8.89. The van der Waals surface area contributed by atoms with Gasteiger partial charge in [0.05, 0.1) is 11.0 Å². The average molecular weight is 744 g/mol. The Morgan fingerprint density at radius 1 is 0.298 bits per heavy atom. The molecule has 0 aliphatic heterocycles. The minimum absolute atomic E-state index is 0.884. The molecule has 11 rings (SSSR count). The second-order valence-electron chi connectivity index (χ2n) is 14.9. The molecule has 0 spiro atoms. The standard InChI is InChI=1S/C54H37NOSi/c1-4-19-43(20-5-1)57(44-21-6-2-7-22-44,45-23-8-3-9-24-45)46-25-15-18-40(35-46)38-16-14-17-39(34-38)41-30-33-53-50(36-41)49-32-31-42(37-54(49)56-53)55-51-28-12-10-26-47(51)48-27-11-13-29-52(48)55/h1-37H. The Kier molecular flexibility index (Phi) is 7.87. The molecule has 0 bridgehead atoms. The van der Waals surface area contributed by atoms with E-state index in [1.165, 1.54) is 59.2 Å². The van der Waals surface area contributed by atoms with Gasteiger partial charge in [0.15, 0.2) is 8.07 Å². The summed E-state index contributed by atoms with van der Waals surface area (Å²) in [5.74, 6) is 0. The van der Waals surface area contributed by atoms with Crippen molar-refractivity contribution in [1.29, 1.82) is 0 Å². The topological polar surface area (TPSA) is 18.1 Å². The van der Waals surface area contributed by atoms with E-state index in [2.05, 4.69) is 229 Å². The van der Waals surface area contributed by atoms with Gasteiger partial charge in [0.25, 0.3) is 0 Å². The number of rotatable bonds is 7. The smallest absolute Gasteiger partial charge is 0.179 e. The predicted octanol–water partition coefficient (Wildman–Crippen LogP) is 11.4. The van der Waals surface area contributed by atoms with Gasteiger partial charge in [-0.15, -0.1) is 0 Å². The number of aromatic nitrogens is 1. The molecule has 0 unspecified atom stereocenters. The van der Waals surface area contributed by atoms with Gasteiger partial charge < -0.3 is 8.98 Å². The quantitative estimate of drug-likeness (QED) is 0.117. The number of para-hydroxylation sites is 2. The molecule has 0 aliphatic carbocycles. The van der Waals surface area contributed by atoms with Crippen LogP contribution >= 0.6 is 0 Å². The molecule has 2 aromatic heterocycles. The van der Waals surface area contributed by atoms with E-state index in [1.54, 1.807) is 0 Å². The van der Waals surface area contributed by atoms with Crippen molar-refractivity contribution in [3.05, 3.63) is 224 Å². The molecule has 0 atom stereocenters. The first-order chi connectivity index (χ1) is 28.3. The number of furan rings is 1. The van der Waals surface area contributed by atoms with Crippen LogP contribution in [0.5, 0.6) is 0 Å². The van der Waals surface area contributed by atoms with Crippen LogP contribution in [0.4, 0.5) is 0 Å². The molecule has 3 heteroatoms. The zero-order chi connectivity index (χ0) is 37.8. The molecule has 0 fully saturated rings. The third-order valence-corrected chi connectivity index (χ3v) is 16.5. The van der Waals surface area contributed by atoms with Crippen LogP contribution in [0, 0.1) is 0 Å². The highest BCUT2D eigenvalue weighted by atomic mass is 28.3. The van der Waals surface area contributed by atoms with Crippen molar-refractivity contribution >= 4 is 72.6 Å². The molecule has 2 heterocycles.